The summed E-state index contributed by atoms with van der Waals surface area (Å²) < 4.78 is 0. The molecule has 106 valence electrons. The Bertz CT molecular complexity index is 436. The largest absolute Gasteiger partial charge is 0.362 e. The molecule has 1 aliphatic rings. The predicted molar refractivity (Wildman–Crippen MR) is 83.1 cm³/mol. The summed E-state index contributed by atoms with van der Waals surface area (Å²) in [5, 5.41) is 0.816. The van der Waals surface area contributed by atoms with E-state index >= 15 is 0 Å². The molecular weight excluding hydrogens is 256 g/mol. The van der Waals surface area contributed by atoms with Gasteiger partial charge in [0.1, 0.15) is 0 Å². The van der Waals surface area contributed by atoms with Crippen LogP contribution in [0, 0.1) is 6.92 Å². The van der Waals surface area contributed by atoms with Crippen LogP contribution < -0.4 is 4.90 Å². The number of aryl methyl sites for hydroxylation is 1. The van der Waals surface area contributed by atoms with Crippen molar-refractivity contribution in [3.63, 3.8) is 0 Å². The van der Waals surface area contributed by atoms with E-state index in [9.17, 15) is 0 Å². The van der Waals surface area contributed by atoms with Crippen molar-refractivity contribution >= 4 is 17.3 Å². The van der Waals surface area contributed by atoms with Gasteiger partial charge in [0, 0.05) is 17.8 Å². The SMILES string of the molecule is CCC(C)(C)N(c1ccnc(C)c1Cl)C1CCCC1. The summed E-state index contributed by atoms with van der Waals surface area (Å²) in [5.74, 6) is 0. The Kier molecular flexibility index (Phi) is 4.39. The zero-order valence-corrected chi connectivity index (χ0v) is 13.3. The number of halogens is 1. The van der Waals surface area contributed by atoms with Crippen LogP contribution in [0.2, 0.25) is 5.02 Å². The highest BCUT2D eigenvalue weighted by Crippen LogP contribution is 2.39. The number of pyridine rings is 1. The fraction of sp³-hybridized carbons (Fsp3) is 0.688. The molecule has 0 atom stereocenters. The number of anilines is 1. The third kappa shape index (κ3) is 2.89. The van der Waals surface area contributed by atoms with E-state index < -0.39 is 0 Å². The number of rotatable bonds is 4. The van der Waals surface area contributed by atoms with Crippen molar-refractivity contribution in [2.75, 3.05) is 4.90 Å². The highest BCUT2D eigenvalue weighted by molar-refractivity contribution is 6.33. The Balaban J connectivity index is 2.44. The monoisotopic (exact) mass is 280 g/mol. The molecule has 2 nitrogen and oxygen atoms in total. The fourth-order valence-corrected chi connectivity index (χ4v) is 3.27. The maximum atomic E-state index is 6.53. The van der Waals surface area contributed by atoms with Crippen molar-refractivity contribution in [1.82, 2.24) is 4.98 Å². The summed E-state index contributed by atoms with van der Waals surface area (Å²) in [4.78, 5) is 6.85. The summed E-state index contributed by atoms with van der Waals surface area (Å²) >= 11 is 6.53. The zero-order valence-electron chi connectivity index (χ0n) is 12.5. The molecule has 0 amide bonds. The summed E-state index contributed by atoms with van der Waals surface area (Å²) in [6.45, 7) is 8.87. The number of aromatic nitrogens is 1. The third-order valence-electron chi connectivity index (χ3n) is 4.51. The molecule has 0 saturated heterocycles. The second-order valence-electron chi connectivity index (χ2n) is 6.20. The minimum atomic E-state index is 0.131. The summed E-state index contributed by atoms with van der Waals surface area (Å²) in [7, 11) is 0. The lowest BCUT2D eigenvalue weighted by Gasteiger charge is -2.44. The summed E-state index contributed by atoms with van der Waals surface area (Å²) in [5.41, 5.74) is 2.22. The summed E-state index contributed by atoms with van der Waals surface area (Å²) in [6.07, 6.45) is 8.22. The van der Waals surface area contributed by atoms with Crippen LogP contribution in [0.5, 0.6) is 0 Å². The molecule has 1 aliphatic carbocycles. The van der Waals surface area contributed by atoms with E-state index in [4.69, 9.17) is 11.6 Å². The molecule has 1 aromatic heterocycles. The highest BCUT2D eigenvalue weighted by atomic mass is 35.5. The van der Waals surface area contributed by atoms with Gasteiger partial charge in [0.05, 0.1) is 16.4 Å². The Morgan fingerprint density at radius 2 is 2.00 bits per heavy atom. The first-order chi connectivity index (χ1) is 8.97. The first-order valence-electron chi connectivity index (χ1n) is 7.38. The molecule has 0 bridgehead atoms. The van der Waals surface area contributed by atoms with Gasteiger partial charge in [-0.1, -0.05) is 31.4 Å². The molecule has 1 heterocycles. The standard InChI is InChI=1S/C16H25ClN2/c1-5-16(3,4)19(13-8-6-7-9-13)14-10-11-18-12(2)15(14)17/h10-11,13H,5-9H2,1-4H3. The van der Waals surface area contributed by atoms with Crippen LogP contribution in [0.1, 0.15) is 58.6 Å². The lowest BCUT2D eigenvalue weighted by Crippen LogP contribution is -2.49. The van der Waals surface area contributed by atoms with Crippen LogP contribution >= 0.6 is 11.6 Å². The van der Waals surface area contributed by atoms with E-state index in [1.165, 1.54) is 25.7 Å². The molecule has 3 heteroatoms. The van der Waals surface area contributed by atoms with Crippen LogP contribution in [-0.2, 0) is 0 Å². The van der Waals surface area contributed by atoms with Crippen molar-refractivity contribution in [2.24, 2.45) is 0 Å². The first kappa shape index (κ1) is 14.6. The van der Waals surface area contributed by atoms with Gasteiger partial charge in [-0.05, 0) is 46.1 Å². The molecule has 0 radical (unpaired) electrons. The van der Waals surface area contributed by atoms with Crippen molar-refractivity contribution in [2.45, 2.75) is 71.4 Å². The first-order valence-corrected chi connectivity index (χ1v) is 7.75. The normalized spacial score (nSPS) is 16.9. The highest BCUT2D eigenvalue weighted by Gasteiger charge is 2.34. The second kappa shape index (κ2) is 5.70. The topological polar surface area (TPSA) is 16.1 Å². The van der Waals surface area contributed by atoms with Crippen molar-refractivity contribution in [3.8, 4) is 0 Å². The Labute approximate surface area is 122 Å². The Morgan fingerprint density at radius 3 is 2.58 bits per heavy atom. The van der Waals surface area contributed by atoms with Gasteiger partial charge in [-0.25, -0.2) is 0 Å². The Morgan fingerprint density at radius 1 is 1.37 bits per heavy atom. The van der Waals surface area contributed by atoms with Crippen LogP contribution in [0.3, 0.4) is 0 Å². The lowest BCUT2D eigenvalue weighted by atomic mass is 9.95. The predicted octanol–water partition coefficient (Wildman–Crippen LogP) is 4.98. The molecular formula is C16H25ClN2. The second-order valence-corrected chi connectivity index (χ2v) is 6.58. The van der Waals surface area contributed by atoms with Crippen molar-refractivity contribution in [1.29, 1.82) is 0 Å². The van der Waals surface area contributed by atoms with Crippen LogP contribution in [0.15, 0.2) is 12.3 Å². The van der Waals surface area contributed by atoms with E-state index in [0.29, 0.717) is 6.04 Å². The lowest BCUT2D eigenvalue weighted by molar-refractivity contribution is 0.396. The minimum Gasteiger partial charge on any atom is -0.362 e. The van der Waals surface area contributed by atoms with E-state index in [1.807, 2.05) is 13.1 Å². The van der Waals surface area contributed by atoms with Gasteiger partial charge < -0.3 is 4.90 Å². The molecule has 0 unspecified atom stereocenters. The van der Waals surface area contributed by atoms with Crippen LogP contribution in [0.4, 0.5) is 5.69 Å². The van der Waals surface area contributed by atoms with Gasteiger partial charge in [-0.15, -0.1) is 0 Å². The van der Waals surface area contributed by atoms with Crippen LogP contribution in [0.25, 0.3) is 0 Å². The quantitative estimate of drug-likeness (QED) is 0.773. The molecule has 2 rings (SSSR count). The van der Waals surface area contributed by atoms with Gasteiger partial charge in [0.2, 0.25) is 0 Å². The number of hydrogen-bond donors (Lipinski definition) is 0. The molecule has 0 aliphatic heterocycles. The van der Waals surface area contributed by atoms with Gasteiger partial charge in [-0.2, -0.15) is 0 Å². The minimum absolute atomic E-state index is 0.131. The van der Waals surface area contributed by atoms with Crippen molar-refractivity contribution < 1.29 is 0 Å². The number of nitrogens with zero attached hydrogens (tertiary/aromatic N) is 2. The number of hydrogen-bond acceptors (Lipinski definition) is 2. The molecule has 0 spiro atoms. The zero-order chi connectivity index (χ0) is 14.0. The van der Waals surface area contributed by atoms with E-state index in [1.54, 1.807) is 0 Å². The molecule has 0 aromatic carbocycles. The maximum Gasteiger partial charge on any atom is 0.0852 e. The van der Waals surface area contributed by atoms with Gasteiger partial charge in [0.25, 0.3) is 0 Å². The van der Waals surface area contributed by atoms with E-state index in [-0.39, 0.29) is 5.54 Å². The molecule has 1 fully saturated rings. The van der Waals surface area contributed by atoms with Gasteiger partial charge in [0.15, 0.2) is 0 Å². The molecule has 19 heavy (non-hydrogen) atoms. The molecule has 0 N–H and O–H groups in total. The van der Waals surface area contributed by atoms with E-state index in [0.717, 1.165) is 22.8 Å². The maximum absolute atomic E-state index is 6.53. The fourth-order valence-electron chi connectivity index (χ4n) is 3.07. The van der Waals surface area contributed by atoms with Crippen LogP contribution in [-0.4, -0.2) is 16.6 Å². The van der Waals surface area contributed by atoms with Gasteiger partial charge in [-0.3, -0.25) is 4.98 Å². The van der Waals surface area contributed by atoms with E-state index in [2.05, 4.69) is 36.7 Å². The third-order valence-corrected chi connectivity index (χ3v) is 4.98. The van der Waals surface area contributed by atoms with Crippen molar-refractivity contribution in [3.05, 3.63) is 23.0 Å². The smallest absolute Gasteiger partial charge is 0.0852 e. The average molecular weight is 281 g/mol. The molecule has 1 saturated carbocycles. The molecule has 1 aromatic rings. The summed E-state index contributed by atoms with van der Waals surface area (Å²) in [6, 6.07) is 2.69. The Hall–Kier alpha value is -0.760. The average Bonchev–Trinajstić information content (AvgIpc) is 2.88. The van der Waals surface area contributed by atoms with Gasteiger partial charge >= 0.3 is 0 Å².